The number of rotatable bonds is 5. The van der Waals surface area contributed by atoms with Gasteiger partial charge in [0.25, 0.3) is 0 Å². The number of aromatic nitrogens is 1. The molecule has 0 fully saturated rings. The molecule has 0 radical (unpaired) electrons. The van der Waals surface area contributed by atoms with Gasteiger partial charge in [0.1, 0.15) is 5.82 Å². The minimum atomic E-state index is -0.937. The van der Waals surface area contributed by atoms with Crippen LogP contribution < -0.4 is 4.90 Å². The number of anilines is 1. The second kappa shape index (κ2) is 4.96. The summed E-state index contributed by atoms with van der Waals surface area (Å²) in [5, 5.41) is 8.44. The Bertz CT molecular complexity index is 313. The van der Waals surface area contributed by atoms with E-state index in [4.69, 9.17) is 5.11 Å². The predicted molar refractivity (Wildman–Crippen MR) is 49.9 cm³/mol. The molecule has 1 rings (SSSR count). The second-order valence-corrected chi connectivity index (χ2v) is 2.63. The van der Waals surface area contributed by atoms with Crippen molar-refractivity contribution in [1.82, 2.24) is 4.98 Å². The van der Waals surface area contributed by atoms with Crippen LogP contribution in [0.3, 0.4) is 0 Å². The number of hydrogen-bond donors (Lipinski definition) is 1. The van der Waals surface area contributed by atoms with Gasteiger partial charge in [-0.1, -0.05) is 6.07 Å². The molecule has 5 nitrogen and oxygen atoms in total. The molecule has 74 valence electrons. The highest BCUT2D eigenvalue weighted by Gasteiger charge is 2.07. The molecule has 14 heavy (non-hydrogen) atoms. The summed E-state index contributed by atoms with van der Waals surface area (Å²) in [6.45, 7) is 0.135. The fourth-order valence-electron chi connectivity index (χ4n) is 0.961. The van der Waals surface area contributed by atoms with Crippen molar-refractivity contribution in [3.8, 4) is 0 Å². The third-order valence-corrected chi connectivity index (χ3v) is 1.64. The molecule has 0 unspecified atom stereocenters. The van der Waals surface area contributed by atoms with Crippen LogP contribution in [0.2, 0.25) is 0 Å². The summed E-state index contributed by atoms with van der Waals surface area (Å²) >= 11 is 0. The SMILES string of the molecule is O=CN(CCC(=O)O)c1ccccn1. The maximum absolute atomic E-state index is 10.6. The van der Waals surface area contributed by atoms with Crippen molar-refractivity contribution >= 4 is 18.2 Å². The minimum absolute atomic E-state index is 0.0880. The Morgan fingerprint density at radius 2 is 2.36 bits per heavy atom. The van der Waals surface area contributed by atoms with Crippen LogP contribution in [0.5, 0.6) is 0 Å². The Balaban J connectivity index is 2.63. The van der Waals surface area contributed by atoms with Crippen LogP contribution in [0.1, 0.15) is 6.42 Å². The van der Waals surface area contributed by atoms with Crippen LogP contribution in [-0.4, -0.2) is 29.0 Å². The maximum atomic E-state index is 10.6. The number of pyridine rings is 1. The van der Waals surface area contributed by atoms with Gasteiger partial charge < -0.3 is 5.11 Å². The van der Waals surface area contributed by atoms with Crippen molar-refractivity contribution in [1.29, 1.82) is 0 Å². The summed E-state index contributed by atoms with van der Waals surface area (Å²) in [5.74, 6) is -0.475. The molecule has 0 aliphatic heterocycles. The molecule has 0 aliphatic carbocycles. The minimum Gasteiger partial charge on any atom is -0.481 e. The number of carboxylic acid groups (broad SMARTS) is 1. The Kier molecular flexibility index (Phi) is 3.60. The van der Waals surface area contributed by atoms with E-state index in [-0.39, 0.29) is 13.0 Å². The standard InChI is InChI=1S/C9H10N2O3/c12-7-11(6-4-9(13)14)8-3-1-2-5-10-8/h1-3,5,7H,4,6H2,(H,13,14). The fraction of sp³-hybridized carbons (Fsp3) is 0.222. The van der Waals surface area contributed by atoms with E-state index in [1.807, 2.05) is 0 Å². The first-order valence-corrected chi connectivity index (χ1v) is 4.09. The monoisotopic (exact) mass is 194 g/mol. The van der Waals surface area contributed by atoms with E-state index in [0.29, 0.717) is 12.2 Å². The van der Waals surface area contributed by atoms with E-state index < -0.39 is 5.97 Å². The molecule has 0 saturated carbocycles. The number of hydrogen-bond acceptors (Lipinski definition) is 3. The van der Waals surface area contributed by atoms with Crippen LogP contribution in [0.25, 0.3) is 0 Å². The lowest BCUT2D eigenvalue weighted by atomic mass is 10.4. The lowest BCUT2D eigenvalue weighted by Gasteiger charge is -2.14. The van der Waals surface area contributed by atoms with Gasteiger partial charge >= 0.3 is 5.97 Å². The molecule has 1 heterocycles. The topological polar surface area (TPSA) is 70.5 Å². The Morgan fingerprint density at radius 3 is 2.86 bits per heavy atom. The molecule has 0 spiro atoms. The fourth-order valence-corrected chi connectivity index (χ4v) is 0.961. The lowest BCUT2D eigenvalue weighted by molar-refractivity contribution is -0.136. The number of nitrogens with zero attached hydrogens (tertiary/aromatic N) is 2. The van der Waals surface area contributed by atoms with E-state index in [1.54, 1.807) is 24.4 Å². The number of carboxylic acids is 1. The van der Waals surface area contributed by atoms with E-state index in [2.05, 4.69) is 4.98 Å². The number of amides is 1. The largest absolute Gasteiger partial charge is 0.481 e. The van der Waals surface area contributed by atoms with Crippen molar-refractivity contribution in [2.45, 2.75) is 6.42 Å². The van der Waals surface area contributed by atoms with E-state index in [0.717, 1.165) is 0 Å². The van der Waals surface area contributed by atoms with Crippen molar-refractivity contribution in [2.24, 2.45) is 0 Å². The number of carbonyl (C=O) groups is 2. The zero-order valence-corrected chi connectivity index (χ0v) is 7.46. The zero-order chi connectivity index (χ0) is 10.4. The molecule has 1 aromatic heterocycles. The molecule has 5 heteroatoms. The third-order valence-electron chi connectivity index (χ3n) is 1.64. The first-order valence-electron chi connectivity index (χ1n) is 4.09. The molecule has 1 amide bonds. The summed E-state index contributed by atoms with van der Waals surface area (Å²) in [7, 11) is 0. The highest BCUT2D eigenvalue weighted by molar-refractivity contribution is 5.75. The van der Waals surface area contributed by atoms with E-state index in [9.17, 15) is 9.59 Å². The smallest absolute Gasteiger partial charge is 0.305 e. The summed E-state index contributed by atoms with van der Waals surface area (Å²) in [6, 6.07) is 5.11. The molecule has 1 N–H and O–H groups in total. The van der Waals surface area contributed by atoms with Gasteiger partial charge in [-0.15, -0.1) is 0 Å². The maximum Gasteiger partial charge on any atom is 0.305 e. The zero-order valence-electron chi connectivity index (χ0n) is 7.46. The molecule has 1 aromatic rings. The Morgan fingerprint density at radius 1 is 1.57 bits per heavy atom. The molecule has 0 aliphatic rings. The third kappa shape index (κ3) is 2.85. The lowest BCUT2D eigenvalue weighted by Crippen LogP contribution is -2.25. The number of aliphatic carboxylic acids is 1. The summed E-state index contributed by atoms with van der Waals surface area (Å²) < 4.78 is 0. The summed E-state index contributed by atoms with van der Waals surface area (Å²) in [4.78, 5) is 26.1. The second-order valence-electron chi connectivity index (χ2n) is 2.63. The van der Waals surface area contributed by atoms with Gasteiger partial charge in [0, 0.05) is 12.7 Å². The van der Waals surface area contributed by atoms with Gasteiger partial charge in [-0.2, -0.15) is 0 Å². The average Bonchev–Trinajstić information content (AvgIpc) is 2.20. The first kappa shape index (κ1) is 10.2. The Labute approximate surface area is 81.0 Å². The van der Waals surface area contributed by atoms with Crippen LogP contribution in [-0.2, 0) is 9.59 Å². The summed E-state index contributed by atoms with van der Waals surface area (Å²) in [6.07, 6.45) is 2.03. The van der Waals surface area contributed by atoms with Crippen molar-refractivity contribution in [2.75, 3.05) is 11.4 Å². The molecule has 0 saturated heterocycles. The number of carbonyl (C=O) groups excluding carboxylic acids is 1. The van der Waals surface area contributed by atoms with Crippen molar-refractivity contribution in [3.05, 3.63) is 24.4 Å². The van der Waals surface area contributed by atoms with Crippen molar-refractivity contribution < 1.29 is 14.7 Å². The average molecular weight is 194 g/mol. The quantitative estimate of drug-likeness (QED) is 0.693. The Hall–Kier alpha value is -1.91. The molecular weight excluding hydrogens is 184 g/mol. The molecular formula is C9H10N2O3. The van der Waals surface area contributed by atoms with Crippen LogP contribution >= 0.6 is 0 Å². The van der Waals surface area contributed by atoms with Gasteiger partial charge in [0.2, 0.25) is 6.41 Å². The van der Waals surface area contributed by atoms with Gasteiger partial charge in [0.15, 0.2) is 0 Å². The van der Waals surface area contributed by atoms with E-state index in [1.165, 1.54) is 4.90 Å². The van der Waals surface area contributed by atoms with Gasteiger partial charge in [-0.25, -0.2) is 4.98 Å². The normalized spacial score (nSPS) is 9.43. The highest BCUT2D eigenvalue weighted by atomic mass is 16.4. The van der Waals surface area contributed by atoms with Crippen LogP contribution in [0.15, 0.2) is 24.4 Å². The van der Waals surface area contributed by atoms with Crippen LogP contribution in [0.4, 0.5) is 5.82 Å². The van der Waals surface area contributed by atoms with Gasteiger partial charge in [-0.05, 0) is 12.1 Å². The first-order chi connectivity index (χ1) is 6.74. The summed E-state index contributed by atoms with van der Waals surface area (Å²) in [5.41, 5.74) is 0. The predicted octanol–water partition coefficient (Wildman–Crippen LogP) is 0.519. The highest BCUT2D eigenvalue weighted by Crippen LogP contribution is 2.06. The van der Waals surface area contributed by atoms with Gasteiger partial charge in [-0.3, -0.25) is 14.5 Å². The van der Waals surface area contributed by atoms with Crippen LogP contribution in [0, 0.1) is 0 Å². The van der Waals surface area contributed by atoms with Crippen molar-refractivity contribution in [3.63, 3.8) is 0 Å². The molecule has 0 aromatic carbocycles. The molecule has 0 atom stereocenters. The van der Waals surface area contributed by atoms with Gasteiger partial charge in [0.05, 0.1) is 6.42 Å². The molecule has 0 bridgehead atoms. The van der Waals surface area contributed by atoms with E-state index >= 15 is 0 Å².